The first-order valence-corrected chi connectivity index (χ1v) is 7.58. The van der Waals surface area contributed by atoms with Gasteiger partial charge in [0, 0.05) is 6.04 Å². The highest BCUT2D eigenvalue weighted by molar-refractivity contribution is 5.70. The molecule has 1 heterocycles. The third kappa shape index (κ3) is 3.31. The number of hydrogen-bond donors (Lipinski definition) is 2. The van der Waals surface area contributed by atoms with E-state index in [0.29, 0.717) is 6.04 Å². The number of benzene rings is 2. The Morgan fingerprint density at radius 3 is 2.67 bits per heavy atom. The summed E-state index contributed by atoms with van der Waals surface area (Å²) in [4.78, 5) is 3.31. The van der Waals surface area contributed by atoms with Gasteiger partial charge in [0.15, 0.2) is 11.0 Å². The zero-order valence-corrected chi connectivity index (χ0v) is 12.4. The molecule has 1 atom stereocenters. The van der Waals surface area contributed by atoms with Crippen LogP contribution in [0.1, 0.15) is 24.9 Å². The predicted molar refractivity (Wildman–Crippen MR) is 86.0 cm³/mol. The topological polar surface area (TPSA) is 31.7 Å². The molecule has 1 aromatic heterocycles. The minimum absolute atomic E-state index is 0.402. The van der Waals surface area contributed by atoms with Gasteiger partial charge in [0.1, 0.15) is 0 Å². The maximum atomic E-state index is 3.59. The molecule has 0 fully saturated rings. The van der Waals surface area contributed by atoms with E-state index in [1.807, 2.05) is 0 Å². The van der Waals surface area contributed by atoms with Gasteiger partial charge in [-0.2, -0.15) is 0 Å². The van der Waals surface area contributed by atoms with Crippen molar-refractivity contribution in [3.05, 3.63) is 66.5 Å². The van der Waals surface area contributed by atoms with E-state index < -0.39 is 0 Å². The first-order chi connectivity index (χ1) is 10.3. The number of H-pyrrole nitrogens is 1. The number of nitrogens with one attached hydrogen (secondary N) is 2. The van der Waals surface area contributed by atoms with Crippen molar-refractivity contribution in [3.8, 4) is 0 Å². The Hall–Kier alpha value is -2.13. The Kier molecular flexibility index (Phi) is 4.31. The van der Waals surface area contributed by atoms with Crippen LogP contribution in [0.25, 0.3) is 11.0 Å². The molecule has 0 aliphatic rings. The Bertz CT molecular complexity index is 688. The number of para-hydroxylation sites is 2. The molecule has 2 aromatic carbocycles. The van der Waals surface area contributed by atoms with Crippen LogP contribution in [0.4, 0.5) is 0 Å². The van der Waals surface area contributed by atoms with E-state index in [4.69, 9.17) is 0 Å². The summed E-state index contributed by atoms with van der Waals surface area (Å²) in [5.74, 6) is 0. The van der Waals surface area contributed by atoms with Crippen molar-refractivity contribution in [2.24, 2.45) is 0 Å². The summed E-state index contributed by atoms with van der Waals surface area (Å²) < 4.78 is 2.28. The molecule has 0 radical (unpaired) electrons. The Morgan fingerprint density at radius 2 is 1.81 bits per heavy atom. The van der Waals surface area contributed by atoms with E-state index in [1.165, 1.54) is 16.6 Å². The fourth-order valence-electron chi connectivity index (χ4n) is 2.68. The quantitative estimate of drug-likeness (QED) is 0.527. The normalized spacial score (nSPS) is 12.6. The number of hydrogen-bond acceptors (Lipinski definition) is 1. The number of aryl methyl sites for hydroxylation is 1. The minimum Gasteiger partial charge on any atom is -0.310 e. The van der Waals surface area contributed by atoms with Gasteiger partial charge in [-0.3, -0.25) is 0 Å². The highest BCUT2D eigenvalue weighted by Crippen LogP contribution is 2.10. The molecule has 0 aliphatic heterocycles. The molecule has 3 rings (SSSR count). The monoisotopic (exact) mass is 280 g/mol. The smallest absolute Gasteiger partial charge is 0.242 e. The third-order valence-electron chi connectivity index (χ3n) is 3.92. The summed E-state index contributed by atoms with van der Waals surface area (Å²) in [5, 5.41) is 3.59. The average molecular weight is 280 g/mol. The van der Waals surface area contributed by atoms with Crippen LogP contribution in [0.5, 0.6) is 0 Å². The largest absolute Gasteiger partial charge is 0.310 e. The van der Waals surface area contributed by atoms with E-state index in [1.54, 1.807) is 0 Å². The van der Waals surface area contributed by atoms with Crippen LogP contribution in [-0.4, -0.2) is 11.5 Å². The van der Waals surface area contributed by atoms with E-state index >= 15 is 0 Å². The fourth-order valence-corrected chi connectivity index (χ4v) is 2.68. The molecule has 0 amide bonds. The molecule has 3 aromatic rings. The molecule has 0 saturated carbocycles. The van der Waals surface area contributed by atoms with Crippen molar-refractivity contribution in [2.75, 3.05) is 6.54 Å². The van der Waals surface area contributed by atoms with Crippen molar-refractivity contribution in [1.29, 1.82) is 0 Å². The molecule has 3 nitrogen and oxygen atoms in total. The number of fused-ring (bicyclic) bond motifs is 1. The minimum atomic E-state index is 0.402. The molecule has 108 valence electrons. The summed E-state index contributed by atoms with van der Waals surface area (Å²) in [6.45, 7) is 4.26. The van der Waals surface area contributed by atoms with E-state index in [2.05, 4.69) is 82.7 Å². The maximum Gasteiger partial charge on any atom is 0.242 e. The number of imidazole rings is 1. The second-order valence-corrected chi connectivity index (χ2v) is 5.42. The lowest BCUT2D eigenvalue weighted by Gasteiger charge is -2.13. The van der Waals surface area contributed by atoms with Gasteiger partial charge in [0.2, 0.25) is 6.33 Å². The summed E-state index contributed by atoms with van der Waals surface area (Å²) in [6, 6.07) is 19.4. The highest BCUT2D eigenvalue weighted by atomic mass is 15.0. The van der Waals surface area contributed by atoms with Gasteiger partial charge in [0.05, 0.1) is 6.54 Å². The lowest BCUT2D eigenvalue weighted by atomic mass is 10.1. The zero-order valence-electron chi connectivity index (χ0n) is 12.4. The second kappa shape index (κ2) is 6.55. The lowest BCUT2D eigenvalue weighted by molar-refractivity contribution is -0.671. The van der Waals surface area contributed by atoms with Crippen molar-refractivity contribution >= 4 is 11.0 Å². The zero-order chi connectivity index (χ0) is 14.5. The molecule has 2 N–H and O–H groups in total. The van der Waals surface area contributed by atoms with Gasteiger partial charge in [-0.1, -0.05) is 42.5 Å². The van der Waals surface area contributed by atoms with Crippen molar-refractivity contribution in [3.63, 3.8) is 0 Å². The number of aromatic nitrogens is 2. The lowest BCUT2D eigenvalue weighted by Crippen LogP contribution is -2.34. The van der Waals surface area contributed by atoms with Gasteiger partial charge in [-0.15, -0.1) is 0 Å². The molecule has 0 aliphatic carbocycles. The second-order valence-electron chi connectivity index (χ2n) is 5.42. The third-order valence-corrected chi connectivity index (χ3v) is 3.92. The van der Waals surface area contributed by atoms with Crippen LogP contribution in [-0.2, 0) is 6.54 Å². The highest BCUT2D eigenvalue weighted by Gasteiger charge is 2.08. The standard InChI is InChI=1S/C18H21N3/c1-15(16-8-3-2-4-9-16)19-12-7-13-21-14-20-17-10-5-6-11-18(17)21/h2-6,8-11,14-15,19H,7,12-13H2,1H3/p+1. The van der Waals surface area contributed by atoms with Gasteiger partial charge < -0.3 is 5.32 Å². The van der Waals surface area contributed by atoms with E-state index in [9.17, 15) is 0 Å². The Labute approximate surface area is 125 Å². The maximum absolute atomic E-state index is 3.59. The average Bonchev–Trinajstić information content (AvgIpc) is 2.95. The number of nitrogens with zero attached hydrogens (tertiary/aromatic N) is 1. The SMILES string of the molecule is CC(NCCC[n+]1c[nH]c2ccccc21)c1ccccc1. The number of rotatable bonds is 6. The van der Waals surface area contributed by atoms with Gasteiger partial charge in [-0.25, -0.2) is 9.55 Å². The molecule has 0 spiro atoms. The van der Waals surface area contributed by atoms with Crippen LogP contribution in [0.2, 0.25) is 0 Å². The van der Waals surface area contributed by atoms with Crippen LogP contribution in [0, 0.1) is 0 Å². The van der Waals surface area contributed by atoms with Crippen molar-refractivity contribution < 1.29 is 4.57 Å². The summed E-state index contributed by atoms with van der Waals surface area (Å²) >= 11 is 0. The first-order valence-electron chi connectivity index (χ1n) is 7.58. The molecule has 0 bridgehead atoms. The molecule has 21 heavy (non-hydrogen) atoms. The molecule has 1 unspecified atom stereocenters. The van der Waals surface area contributed by atoms with Gasteiger partial charge in [-0.05, 0) is 37.6 Å². The predicted octanol–water partition coefficient (Wildman–Crippen LogP) is 3.20. The fraction of sp³-hybridized carbons (Fsp3) is 0.278. The van der Waals surface area contributed by atoms with Crippen molar-refractivity contribution in [1.82, 2.24) is 10.3 Å². The summed E-state index contributed by atoms with van der Waals surface area (Å²) in [6.07, 6.45) is 3.18. The summed E-state index contributed by atoms with van der Waals surface area (Å²) in [7, 11) is 0. The van der Waals surface area contributed by atoms with E-state index in [-0.39, 0.29) is 0 Å². The van der Waals surface area contributed by atoms with Gasteiger partial charge >= 0.3 is 0 Å². The summed E-state index contributed by atoms with van der Waals surface area (Å²) in [5.41, 5.74) is 3.81. The molecular formula is C18H22N3+. The van der Waals surface area contributed by atoms with Crippen molar-refractivity contribution in [2.45, 2.75) is 25.9 Å². The van der Waals surface area contributed by atoms with Crippen LogP contribution in [0.15, 0.2) is 60.9 Å². The Morgan fingerprint density at radius 1 is 1.05 bits per heavy atom. The van der Waals surface area contributed by atoms with Crippen LogP contribution < -0.4 is 9.88 Å². The van der Waals surface area contributed by atoms with Gasteiger partial charge in [0.25, 0.3) is 0 Å². The molecule has 3 heteroatoms. The van der Waals surface area contributed by atoms with Crippen LogP contribution >= 0.6 is 0 Å². The molecular weight excluding hydrogens is 258 g/mol. The van der Waals surface area contributed by atoms with E-state index in [0.717, 1.165) is 19.5 Å². The molecule has 0 saturated heterocycles. The number of aromatic amines is 1. The first kappa shape index (κ1) is 13.8. The Balaban J connectivity index is 1.50. The van der Waals surface area contributed by atoms with Crippen LogP contribution in [0.3, 0.4) is 0 Å².